The number of aryl methyl sites for hydroxylation is 2. The van der Waals surface area contributed by atoms with E-state index in [1.165, 1.54) is 12.7 Å². The fraction of sp³-hybridized carbons (Fsp3) is 0.455. The summed E-state index contributed by atoms with van der Waals surface area (Å²) in [4.78, 5) is 2.49. The van der Waals surface area contributed by atoms with Gasteiger partial charge in [0.15, 0.2) is 0 Å². The lowest BCUT2D eigenvalue weighted by Gasteiger charge is -2.21. The standard InChI is InChI=1S/C22H30N2O3S/c1-4-24(5-2)20-12-10-17(11-13-20)16-23-28(25,26)22-15-19-9-7-6-8-18(19)14-21(22)27-3/h10-15,23H,4-9,16H2,1-3H3. The second-order valence-electron chi connectivity index (χ2n) is 7.14. The monoisotopic (exact) mass is 402 g/mol. The van der Waals surface area contributed by atoms with E-state index in [4.69, 9.17) is 4.74 Å². The van der Waals surface area contributed by atoms with Crippen molar-refractivity contribution in [3.05, 3.63) is 53.1 Å². The first kappa shape index (κ1) is 20.7. The lowest BCUT2D eigenvalue weighted by Crippen LogP contribution is -2.24. The van der Waals surface area contributed by atoms with E-state index in [0.717, 1.165) is 55.6 Å². The molecule has 0 spiro atoms. The summed E-state index contributed by atoms with van der Waals surface area (Å²) in [5.41, 5.74) is 4.40. The van der Waals surface area contributed by atoms with E-state index in [1.54, 1.807) is 6.07 Å². The summed E-state index contributed by atoms with van der Waals surface area (Å²) < 4.78 is 34.0. The van der Waals surface area contributed by atoms with Gasteiger partial charge in [-0.05, 0) is 80.5 Å². The Labute approximate surface area is 168 Å². The number of rotatable bonds is 8. The second-order valence-corrected chi connectivity index (χ2v) is 8.88. The number of hydrogen-bond acceptors (Lipinski definition) is 4. The van der Waals surface area contributed by atoms with Gasteiger partial charge in [-0.1, -0.05) is 12.1 Å². The van der Waals surface area contributed by atoms with Gasteiger partial charge in [0, 0.05) is 25.3 Å². The summed E-state index contributed by atoms with van der Waals surface area (Å²) in [5.74, 6) is 0.421. The summed E-state index contributed by atoms with van der Waals surface area (Å²) in [6.45, 7) is 6.39. The molecule has 0 fully saturated rings. The van der Waals surface area contributed by atoms with Gasteiger partial charge in [0.1, 0.15) is 10.6 Å². The third-order valence-electron chi connectivity index (χ3n) is 5.45. The molecule has 1 aliphatic carbocycles. The number of nitrogens with zero attached hydrogens (tertiary/aromatic N) is 1. The maximum absolute atomic E-state index is 12.9. The molecule has 2 aromatic carbocycles. The molecule has 5 nitrogen and oxygen atoms in total. The zero-order valence-corrected chi connectivity index (χ0v) is 17.8. The second kappa shape index (κ2) is 8.97. The number of sulfonamides is 1. The summed E-state index contributed by atoms with van der Waals surface area (Å²) >= 11 is 0. The van der Waals surface area contributed by atoms with E-state index < -0.39 is 10.0 Å². The number of nitrogens with one attached hydrogen (secondary N) is 1. The Morgan fingerprint density at radius 1 is 1.00 bits per heavy atom. The SMILES string of the molecule is CCN(CC)c1ccc(CNS(=O)(=O)c2cc3c(cc2OC)CCCC3)cc1. The van der Waals surface area contributed by atoms with Crippen molar-refractivity contribution in [2.75, 3.05) is 25.1 Å². The maximum Gasteiger partial charge on any atom is 0.244 e. The van der Waals surface area contributed by atoms with Gasteiger partial charge in [-0.2, -0.15) is 0 Å². The van der Waals surface area contributed by atoms with Crippen molar-refractivity contribution in [2.45, 2.75) is 51.0 Å². The van der Waals surface area contributed by atoms with Crippen molar-refractivity contribution in [3.8, 4) is 5.75 Å². The summed E-state index contributed by atoms with van der Waals surface area (Å²) in [6.07, 6.45) is 4.15. The number of ether oxygens (including phenoxy) is 1. The topological polar surface area (TPSA) is 58.6 Å². The smallest absolute Gasteiger partial charge is 0.244 e. The van der Waals surface area contributed by atoms with E-state index in [9.17, 15) is 8.42 Å². The third kappa shape index (κ3) is 4.50. The van der Waals surface area contributed by atoms with Gasteiger partial charge in [-0.25, -0.2) is 13.1 Å². The van der Waals surface area contributed by atoms with Gasteiger partial charge in [-0.15, -0.1) is 0 Å². The molecule has 3 rings (SSSR count). The zero-order valence-electron chi connectivity index (χ0n) is 17.0. The molecular weight excluding hydrogens is 372 g/mol. The van der Waals surface area contributed by atoms with Crippen LogP contribution in [-0.4, -0.2) is 28.6 Å². The fourth-order valence-electron chi connectivity index (χ4n) is 3.78. The molecule has 0 bridgehead atoms. The molecule has 0 saturated carbocycles. The number of anilines is 1. The normalized spacial score (nSPS) is 13.8. The van der Waals surface area contributed by atoms with Crippen LogP contribution in [0.2, 0.25) is 0 Å². The van der Waals surface area contributed by atoms with Crippen molar-refractivity contribution in [1.82, 2.24) is 4.72 Å². The maximum atomic E-state index is 12.9. The van der Waals surface area contributed by atoms with Crippen LogP contribution < -0.4 is 14.4 Å². The Morgan fingerprint density at radius 2 is 1.61 bits per heavy atom. The highest BCUT2D eigenvalue weighted by Gasteiger charge is 2.23. The first-order chi connectivity index (χ1) is 13.5. The number of benzene rings is 2. The molecule has 0 saturated heterocycles. The largest absolute Gasteiger partial charge is 0.495 e. The molecule has 0 aromatic heterocycles. The van der Waals surface area contributed by atoms with Gasteiger partial charge in [0.2, 0.25) is 10.0 Å². The number of fused-ring (bicyclic) bond motifs is 1. The molecular formula is C22H30N2O3S. The van der Waals surface area contributed by atoms with Crippen LogP contribution in [0.25, 0.3) is 0 Å². The molecule has 0 amide bonds. The average molecular weight is 403 g/mol. The first-order valence-electron chi connectivity index (χ1n) is 10.0. The van der Waals surface area contributed by atoms with Gasteiger partial charge >= 0.3 is 0 Å². The molecule has 1 N–H and O–H groups in total. The van der Waals surface area contributed by atoms with Crippen molar-refractivity contribution in [1.29, 1.82) is 0 Å². The van der Waals surface area contributed by atoms with Crippen LogP contribution in [0, 0.1) is 0 Å². The van der Waals surface area contributed by atoms with E-state index in [0.29, 0.717) is 5.75 Å². The van der Waals surface area contributed by atoms with Crippen LogP contribution in [0.1, 0.15) is 43.4 Å². The Bertz CT molecular complexity index is 904. The molecule has 6 heteroatoms. The molecule has 0 atom stereocenters. The lowest BCUT2D eigenvalue weighted by atomic mass is 9.92. The zero-order chi connectivity index (χ0) is 20.1. The van der Waals surface area contributed by atoms with Crippen molar-refractivity contribution in [2.24, 2.45) is 0 Å². The molecule has 1 aliphatic rings. The highest BCUT2D eigenvalue weighted by molar-refractivity contribution is 7.89. The molecule has 0 aliphatic heterocycles. The van der Waals surface area contributed by atoms with E-state index in [2.05, 4.69) is 23.5 Å². The summed E-state index contributed by atoms with van der Waals surface area (Å²) in [6, 6.07) is 11.7. The highest BCUT2D eigenvalue weighted by atomic mass is 32.2. The van der Waals surface area contributed by atoms with E-state index in [1.807, 2.05) is 30.3 Å². The Balaban J connectivity index is 1.77. The Kier molecular flexibility index (Phi) is 6.62. The predicted octanol–water partition coefficient (Wildman–Crippen LogP) is 3.90. The molecule has 0 radical (unpaired) electrons. The van der Waals surface area contributed by atoms with Crippen LogP contribution in [0.3, 0.4) is 0 Å². The van der Waals surface area contributed by atoms with E-state index in [-0.39, 0.29) is 11.4 Å². The number of methoxy groups -OCH3 is 1. The van der Waals surface area contributed by atoms with Crippen LogP contribution >= 0.6 is 0 Å². The Hall–Kier alpha value is -2.05. The number of hydrogen-bond donors (Lipinski definition) is 1. The minimum Gasteiger partial charge on any atom is -0.495 e. The summed E-state index contributed by atoms with van der Waals surface area (Å²) in [5, 5.41) is 0. The minimum absolute atomic E-state index is 0.232. The molecule has 28 heavy (non-hydrogen) atoms. The van der Waals surface area contributed by atoms with Gasteiger partial charge < -0.3 is 9.64 Å². The van der Waals surface area contributed by atoms with Crippen LogP contribution in [-0.2, 0) is 29.4 Å². The van der Waals surface area contributed by atoms with Gasteiger partial charge in [0.25, 0.3) is 0 Å². The first-order valence-corrected chi connectivity index (χ1v) is 11.5. The van der Waals surface area contributed by atoms with Crippen molar-refractivity contribution >= 4 is 15.7 Å². The van der Waals surface area contributed by atoms with Gasteiger partial charge in [-0.3, -0.25) is 0 Å². The highest BCUT2D eigenvalue weighted by Crippen LogP contribution is 2.32. The van der Waals surface area contributed by atoms with Crippen molar-refractivity contribution in [3.63, 3.8) is 0 Å². The fourth-order valence-corrected chi connectivity index (χ4v) is 5.00. The van der Waals surface area contributed by atoms with Crippen LogP contribution in [0.5, 0.6) is 5.75 Å². The van der Waals surface area contributed by atoms with Crippen LogP contribution in [0.15, 0.2) is 41.3 Å². The lowest BCUT2D eigenvalue weighted by molar-refractivity contribution is 0.401. The van der Waals surface area contributed by atoms with Gasteiger partial charge in [0.05, 0.1) is 7.11 Å². The quantitative estimate of drug-likeness (QED) is 0.728. The average Bonchev–Trinajstić information content (AvgIpc) is 2.73. The van der Waals surface area contributed by atoms with Crippen LogP contribution in [0.4, 0.5) is 5.69 Å². The Morgan fingerprint density at radius 3 is 2.18 bits per heavy atom. The third-order valence-corrected chi connectivity index (χ3v) is 6.87. The molecule has 152 valence electrons. The predicted molar refractivity (Wildman–Crippen MR) is 114 cm³/mol. The molecule has 0 unspecified atom stereocenters. The molecule has 2 aromatic rings. The molecule has 0 heterocycles. The van der Waals surface area contributed by atoms with E-state index >= 15 is 0 Å². The summed E-state index contributed by atoms with van der Waals surface area (Å²) in [7, 11) is -2.13. The minimum atomic E-state index is -3.66. The van der Waals surface area contributed by atoms with Crippen molar-refractivity contribution < 1.29 is 13.2 Å².